The SMILES string of the molecule is CCc1ccc2c(CC(=O)NCCc3ccc(OC(F)F)c(OC)c3)coc2c1. The lowest BCUT2D eigenvalue weighted by atomic mass is 10.1. The van der Waals surface area contributed by atoms with Crippen LogP contribution in [0.3, 0.4) is 0 Å². The standard InChI is InChI=1S/C22H23F2NO4/c1-3-14-4-6-17-16(13-28-19(17)10-14)12-21(26)25-9-8-15-5-7-18(29-22(23)24)20(11-15)27-2/h4-7,10-11,13,22H,3,8-9,12H2,1-2H3,(H,25,26). The fourth-order valence-corrected chi connectivity index (χ4v) is 3.13. The zero-order chi connectivity index (χ0) is 20.8. The number of furan rings is 1. The monoisotopic (exact) mass is 403 g/mol. The van der Waals surface area contributed by atoms with Gasteiger partial charge >= 0.3 is 6.61 Å². The number of carbonyl (C=O) groups excluding carboxylic acids is 1. The van der Waals surface area contributed by atoms with E-state index in [-0.39, 0.29) is 23.8 Å². The van der Waals surface area contributed by atoms with E-state index in [1.165, 1.54) is 18.7 Å². The van der Waals surface area contributed by atoms with Gasteiger partial charge in [0.25, 0.3) is 0 Å². The summed E-state index contributed by atoms with van der Waals surface area (Å²) in [6.45, 7) is -0.429. The summed E-state index contributed by atoms with van der Waals surface area (Å²) in [5.74, 6) is 0.0932. The van der Waals surface area contributed by atoms with Gasteiger partial charge in [0.2, 0.25) is 5.91 Å². The first-order chi connectivity index (χ1) is 14.0. The minimum atomic E-state index is -2.92. The second-order valence-corrected chi connectivity index (χ2v) is 6.59. The molecule has 0 aliphatic rings. The zero-order valence-electron chi connectivity index (χ0n) is 16.3. The Labute approximate surface area is 167 Å². The molecule has 3 aromatic rings. The zero-order valence-corrected chi connectivity index (χ0v) is 16.3. The number of alkyl halides is 2. The van der Waals surface area contributed by atoms with Gasteiger partial charge in [0, 0.05) is 17.5 Å². The number of ether oxygens (including phenoxy) is 2. The Morgan fingerprint density at radius 1 is 1.14 bits per heavy atom. The molecule has 0 fully saturated rings. The van der Waals surface area contributed by atoms with Crippen molar-refractivity contribution in [3.63, 3.8) is 0 Å². The van der Waals surface area contributed by atoms with Crippen LogP contribution in [0.2, 0.25) is 0 Å². The lowest BCUT2D eigenvalue weighted by Gasteiger charge is -2.11. The summed E-state index contributed by atoms with van der Waals surface area (Å²) in [6.07, 6.45) is 3.30. The van der Waals surface area contributed by atoms with Crippen LogP contribution in [-0.2, 0) is 24.1 Å². The molecular formula is C22H23F2NO4. The Bertz CT molecular complexity index is 984. The first kappa shape index (κ1) is 20.6. The van der Waals surface area contributed by atoms with Gasteiger partial charge in [-0.15, -0.1) is 0 Å². The summed E-state index contributed by atoms with van der Waals surface area (Å²) in [7, 11) is 1.39. The summed E-state index contributed by atoms with van der Waals surface area (Å²) >= 11 is 0. The van der Waals surface area contributed by atoms with E-state index in [2.05, 4.69) is 17.0 Å². The molecule has 0 saturated carbocycles. The summed E-state index contributed by atoms with van der Waals surface area (Å²) in [6, 6.07) is 10.7. The van der Waals surface area contributed by atoms with Gasteiger partial charge in [0.15, 0.2) is 11.5 Å². The Hall–Kier alpha value is -3.09. The molecule has 3 rings (SSSR count). The van der Waals surface area contributed by atoms with Gasteiger partial charge in [0.05, 0.1) is 19.8 Å². The summed E-state index contributed by atoms with van der Waals surface area (Å²) in [5, 5.41) is 3.81. The molecule has 154 valence electrons. The van der Waals surface area contributed by atoms with Crippen molar-refractivity contribution >= 4 is 16.9 Å². The highest BCUT2D eigenvalue weighted by Gasteiger charge is 2.13. The molecule has 0 aliphatic carbocycles. The van der Waals surface area contributed by atoms with Crippen LogP contribution in [0, 0.1) is 0 Å². The van der Waals surface area contributed by atoms with Gasteiger partial charge in [0.1, 0.15) is 5.58 Å². The molecule has 0 aliphatic heterocycles. The molecule has 0 spiro atoms. The normalized spacial score (nSPS) is 11.1. The van der Waals surface area contributed by atoms with Crippen molar-refractivity contribution in [3.05, 3.63) is 59.4 Å². The van der Waals surface area contributed by atoms with E-state index in [1.807, 2.05) is 18.2 Å². The van der Waals surface area contributed by atoms with Crippen molar-refractivity contribution in [1.82, 2.24) is 5.32 Å². The lowest BCUT2D eigenvalue weighted by Crippen LogP contribution is -2.27. The second-order valence-electron chi connectivity index (χ2n) is 6.59. The third kappa shape index (κ3) is 5.25. The van der Waals surface area contributed by atoms with E-state index in [9.17, 15) is 13.6 Å². The van der Waals surface area contributed by atoms with Crippen molar-refractivity contribution in [2.24, 2.45) is 0 Å². The maximum atomic E-state index is 12.4. The van der Waals surface area contributed by atoms with Crippen LogP contribution in [-0.4, -0.2) is 26.2 Å². The van der Waals surface area contributed by atoms with E-state index in [0.717, 1.165) is 28.5 Å². The number of amides is 1. The lowest BCUT2D eigenvalue weighted by molar-refractivity contribution is -0.120. The number of rotatable bonds is 9. The van der Waals surface area contributed by atoms with E-state index in [1.54, 1.807) is 18.4 Å². The molecule has 1 heterocycles. The highest BCUT2D eigenvalue weighted by Crippen LogP contribution is 2.29. The molecule has 29 heavy (non-hydrogen) atoms. The third-order valence-corrected chi connectivity index (χ3v) is 4.66. The Kier molecular flexibility index (Phi) is 6.69. The topological polar surface area (TPSA) is 60.7 Å². The minimum absolute atomic E-state index is 0.0200. The molecule has 2 aromatic carbocycles. The van der Waals surface area contributed by atoms with Gasteiger partial charge in [-0.2, -0.15) is 8.78 Å². The van der Waals surface area contributed by atoms with Crippen molar-refractivity contribution in [2.45, 2.75) is 32.8 Å². The van der Waals surface area contributed by atoms with Crippen molar-refractivity contribution in [3.8, 4) is 11.5 Å². The molecule has 5 nitrogen and oxygen atoms in total. The molecule has 7 heteroatoms. The Morgan fingerprint density at radius 3 is 2.66 bits per heavy atom. The average molecular weight is 403 g/mol. The van der Waals surface area contributed by atoms with Crippen LogP contribution in [0.15, 0.2) is 47.1 Å². The summed E-state index contributed by atoms with van der Waals surface area (Å²) in [5.41, 5.74) is 3.65. The molecular weight excluding hydrogens is 380 g/mol. The average Bonchev–Trinajstić information content (AvgIpc) is 3.10. The maximum Gasteiger partial charge on any atom is 0.387 e. The van der Waals surface area contributed by atoms with E-state index >= 15 is 0 Å². The number of aryl methyl sites for hydroxylation is 1. The largest absolute Gasteiger partial charge is 0.493 e. The maximum absolute atomic E-state index is 12.4. The van der Waals surface area contributed by atoms with Gasteiger partial charge in [-0.3, -0.25) is 4.79 Å². The fourth-order valence-electron chi connectivity index (χ4n) is 3.13. The van der Waals surface area contributed by atoms with E-state index in [4.69, 9.17) is 9.15 Å². The van der Waals surface area contributed by atoms with Crippen LogP contribution in [0.1, 0.15) is 23.6 Å². The summed E-state index contributed by atoms with van der Waals surface area (Å²) < 4.78 is 39.8. The number of carbonyl (C=O) groups is 1. The predicted octanol–water partition coefficient (Wildman–Crippen LogP) is 4.51. The number of hydrogen-bond acceptors (Lipinski definition) is 4. The predicted molar refractivity (Wildman–Crippen MR) is 106 cm³/mol. The highest BCUT2D eigenvalue weighted by atomic mass is 19.3. The molecule has 0 atom stereocenters. The van der Waals surface area contributed by atoms with Crippen LogP contribution in [0.4, 0.5) is 8.78 Å². The van der Waals surface area contributed by atoms with Crippen molar-refractivity contribution < 1.29 is 27.5 Å². The minimum Gasteiger partial charge on any atom is -0.493 e. The molecule has 0 unspecified atom stereocenters. The van der Waals surface area contributed by atoms with Gasteiger partial charge in [-0.05, 0) is 42.2 Å². The number of fused-ring (bicyclic) bond motifs is 1. The van der Waals surface area contributed by atoms with E-state index < -0.39 is 6.61 Å². The molecule has 0 bridgehead atoms. The van der Waals surface area contributed by atoms with Crippen molar-refractivity contribution in [1.29, 1.82) is 0 Å². The quantitative estimate of drug-likeness (QED) is 0.571. The molecule has 1 aromatic heterocycles. The molecule has 0 saturated heterocycles. The number of halogens is 2. The van der Waals surface area contributed by atoms with Crippen molar-refractivity contribution in [2.75, 3.05) is 13.7 Å². The fraction of sp³-hybridized carbons (Fsp3) is 0.318. The first-order valence-electron chi connectivity index (χ1n) is 9.37. The van der Waals surface area contributed by atoms with Crippen LogP contribution in [0.25, 0.3) is 11.0 Å². The molecule has 0 radical (unpaired) electrons. The highest BCUT2D eigenvalue weighted by molar-refractivity contribution is 5.87. The van der Waals surface area contributed by atoms with E-state index in [0.29, 0.717) is 13.0 Å². The Morgan fingerprint density at radius 2 is 1.93 bits per heavy atom. The second kappa shape index (κ2) is 9.41. The summed E-state index contributed by atoms with van der Waals surface area (Å²) in [4.78, 5) is 12.3. The Balaban J connectivity index is 1.55. The number of benzene rings is 2. The van der Waals surface area contributed by atoms with Crippen LogP contribution in [0.5, 0.6) is 11.5 Å². The van der Waals surface area contributed by atoms with Gasteiger partial charge in [-0.25, -0.2) is 0 Å². The van der Waals surface area contributed by atoms with Crippen LogP contribution < -0.4 is 14.8 Å². The first-order valence-corrected chi connectivity index (χ1v) is 9.37. The smallest absolute Gasteiger partial charge is 0.387 e. The number of methoxy groups -OCH3 is 1. The molecule has 1 N–H and O–H groups in total. The molecule has 1 amide bonds. The van der Waals surface area contributed by atoms with Crippen LogP contribution >= 0.6 is 0 Å². The van der Waals surface area contributed by atoms with Gasteiger partial charge < -0.3 is 19.2 Å². The number of nitrogens with one attached hydrogen (secondary N) is 1. The van der Waals surface area contributed by atoms with Gasteiger partial charge in [-0.1, -0.05) is 25.1 Å². The third-order valence-electron chi connectivity index (χ3n) is 4.66. The number of hydrogen-bond donors (Lipinski definition) is 1.